The Bertz CT molecular complexity index is 891. The van der Waals surface area contributed by atoms with Gasteiger partial charge in [0.15, 0.2) is 0 Å². The van der Waals surface area contributed by atoms with Crippen molar-refractivity contribution in [1.29, 1.82) is 0 Å². The first-order valence-electron chi connectivity index (χ1n) is 6.93. The molecule has 136 valence electrons. The van der Waals surface area contributed by atoms with Gasteiger partial charge in [-0.25, -0.2) is 8.42 Å². The fraction of sp³-hybridized carbons (Fsp3) is 0.286. The lowest BCUT2D eigenvalue weighted by Crippen LogP contribution is -2.23. The van der Waals surface area contributed by atoms with Gasteiger partial charge in [-0.3, -0.25) is 9.48 Å². The Kier molecular flexibility index (Phi) is 5.07. The molecule has 0 aliphatic carbocycles. The molecule has 1 aromatic heterocycles. The highest BCUT2D eigenvalue weighted by atomic mass is 32.2. The Hall–Kier alpha value is -2.56. The van der Waals surface area contributed by atoms with Gasteiger partial charge in [-0.1, -0.05) is 0 Å². The lowest BCUT2D eigenvalue weighted by atomic mass is 10.2. The van der Waals surface area contributed by atoms with Crippen molar-refractivity contribution >= 4 is 21.4 Å². The number of nitrogens with zero attached hydrogens (tertiary/aromatic N) is 2. The first-order valence-corrected chi connectivity index (χ1v) is 8.41. The topological polar surface area (TPSA) is 90.3 Å². The zero-order valence-electron chi connectivity index (χ0n) is 13.2. The van der Waals surface area contributed by atoms with Crippen LogP contribution in [0.3, 0.4) is 0 Å². The number of aryl methyl sites for hydroxylation is 1. The van der Waals surface area contributed by atoms with Gasteiger partial charge < -0.3 is 10.1 Å². The van der Waals surface area contributed by atoms with Crippen LogP contribution >= 0.6 is 0 Å². The third kappa shape index (κ3) is 3.76. The van der Waals surface area contributed by atoms with Crippen molar-refractivity contribution in [2.75, 3.05) is 12.4 Å². The van der Waals surface area contributed by atoms with Crippen LogP contribution in [0, 0.1) is 0 Å². The zero-order valence-corrected chi connectivity index (χ0v) is 14.0. The Labute approximate surface area is 141 Å². The molecular formula is C14H14F3N3O4S. The standard InChI is InChI=1S/C14H14F3N3O4S/c1-3-20-8-9(7-18-20)13(21)19-11-6-10(4-5-12(11)24-2)25(22,23)14(15,16)17/h4-8H,3H2,1-2H3,(H,19,21). The van der Waals surface area contributed by atoms with Gasteiger partial charge in [0.2, 0.25) is 0 Å². The molecule has 0 bridgehead atoms. The van der Waals surface area contributed by atoms with E-state index in [0.717, 1.165) is 12.1 Å². The van der Waals surface area contributed by atoms with Gasteiger partial charge in [-0.2, -0.15) is 18.3 Å². The highest BCUT2D eigenvalue weighted by Crippen LogP contribution is 2.34. The molecule has 11 heteroatoms. The molecule has 0 spiro atoms. The molecule has 0 fully saturated rings. The number of carbonyl (C=O) groups is 1. The largest absolute Gasteiger partial charge is 0.501 e. The molecule has 0 aliphatic rings. The van der Waals surface area contributed by atoms with Gasteiger partial charge in [-0.15, -0.1) is 0 Å². The Morgan fingerprint density at radius 3 is 2.56 bits per heavy atom. The van der Waals surface area contributed by atoms with Crippen LogP contribution in [-0.4, -0.2) is 36.7 Å². The molecule has 0 radical (unpaired) electrons. The van der Waals surface area contributed by atoms with Crippen LogP contribution in [0.2, 0.25) is 0 Å². The summed E-state index contributed by atoms with van der Waals surface area (Å²) in [5.74, 6) is -0.656. The van der Waals surface area contributed by atoms with Crippen molar-refractivity contribution in [2.45, 2.75) is 23.9 Å². The maximum Gasteiger partial charge on any atom is 0.501 e. The van der Waals surface area contributed by atoms with Gasteiger partial charge >= 0.3 is 5.51 Å². The van der Waals surface area contributed by atoms with Gasteiger partial charge in [0.05, 0.1) is 29.5 Å². The van der Waals surface area contributed by atoms with Crippen LogP contribution in [0.25, 0.3) is 0 Å². The van der Waals surface area contributed by atoms with Crippen molar-refractivity contribution in [3.8, 4) is 5.75 Å². The molecule has 1 N–H and O–H groups in total. The zero-order chi connectivity index (χ0) is 18.8. The lowest BCUT2D eigenvalue weighted by Gasteiger charge is -2.13. The van der Waals surface area contributed by atoms with Gasteiger partial charge in [-0.05, 0) is 25.1 Å². The number of amides is 1. The van der Waals surface area contributed by atoms with Crippen LogP contribution in [0.5, 0.6) is 5.75 Å². The van der Waals surface area contributed by atoms with Gasteiger partial charge in [0.25, 0.3) is 15.7 Å². The fourth-order valence-electron chi connectivity index (χ4n) is 1.93. The second-order valence-electron chi connectivity index (χ2n) is 4.85. The summed E-state index contributed by atoms with van der Waals surface area (Å²) < 4.78 is 67.5. The van der Waals surface area contributed by atoms with Crippen LogP contribution < -0.4 is 10.1 Å². The van der Waals surface area contributed by atoms with E-state index in [1.54, 1.807) is 0 Å². The molecule has 25 heavy (non-hydrogen) atoms. The number of alkyl halides is 3. The van der Waals surface area contributed by atoms with Crippen LogP contribution in [0.1, 0.15) is 17.3 Å². The van der Waals surface area contributed by atoms with E-state index in [0.29, 0.717) is 12.6 Å². The quantitative estimate of drug-likeness (QED) is 0.864. The molecular weight excluding hydrogens is 363 g/mol. The second kappa shape index (κ2) is 6.75. The Balaban J connectivity index is 2.39. The van der Waals surface area contributed by atoms with E-state index in [-0.39, 0.29) is 17.0 Å². The predicted molar refractivity (Wildman–Crippen MR) is 82.1 cm³/mol. The van der Waals surface area contributed by atoms with E-state index in [1.807, 2.05) is 6.92 Å². The number of hydrogen-bond acceptors (Lipinski definition) is 5. The molecule has 0 aliphatic heterocycles. The van der Waals surface area contributed by atoms with Crippen molar-refractivity contribution in [3.05, 3.63) is 36.2 Å². The predicted octanol–water partition coefficient (Wildman–Crippen LogP) is 2.46. The molecule has 1 amide bonds. The van der Waals surface area contributed by atoms with Crippen molar-refractivity contribution in [1.82, 2.24) is 9.78 Å². The van der Waals surface area contributed by atoms with E-state index < -0.39 is 26.1 Å². The van der Waals surface area contributed by atoms with E-state index in [4.69, 9.17) is 4.74 Å². The van der Waals surface area contributed by atoms with E-state index >= 15 is 0 Å². The summed E-state index contributed by atoms with van der Waals surface area (Å²) in [7, 11) is -4.31. The Morgan fingerprint density at radius 1 is 1.36 bits per heavy atom. The molecule has 2 rings (SSSR count). The number of sulfone groups is 1. The summed E-state index contributed by atoms with van der Waals surface area (Å²) in [5, 5.41) is 6.24. The SMILES string of the molecule is CCn1cc(C(=O)Nc2cc(S(=O)(=O)C(F)(F)F)ccc2OC)cn1. The first kappa shape index (κ1) is 18.8. The number of ether oxygens (including phenoxy) is 1. The first-order chi connectivity index (χ1) is 11.6. The summed E-state index contributed by atoms with van der Waals surface area (Å²) >= 11 is 0. The van der Waals surface area contributed by atoms with Crippen LogP contribution in [0.4, 0.5) is 18.9 Å². The minimum absolute atomic E-state index is 0.0114. The number of rotatable bonds is 5. The number of nitrogens with one attached hydrogen (secondary N) is 1. The number of methoxy groups -OCH3 is 1. The normalized spacial score (nSPS) is 12.0. The van der Waals surface area contributed by atoms with E-state index in [1.165, 1.54) is 24.2 Å². The second-order valence-corrected chi connectivity index (χ2v) is 6.79. The summed E-state index contributed by atoms with van der Waals surface area (Å²) in [6.45, 7) is 2.33. The van der Waals surface area contributed by atoms with Gasteiger partial charge in [0, 0.05) is 12.7 Å². The number of anilines is 1. The number of carbonyl (C=O) groups excluding carboxylic acids is 1. The average Bonchev–Trinajstić information content (AvgIpc) is 3.03. The van der Waals surface area contributed by atoms with Crippen molar-refractivity contribution in [2.24, 2.45) is 0 Å². The summed E-state index contributed by atoms with van der Waals surface area (Å²) in [4.78, 5) is 11.2. The maximum absolute atomic E-state index is 12.7. The molecule has 2 aromatic rings. The highest BCUT2D eigenvalue weighted by Gasteiger charge is 2.47. The van der Waals surface area contributed by atoms with E-state index in [2.05, 4.69) is 10.4 Å². The van der Waals surface area contributed by atoms with Crippen LogP contribution in [-0.2, 0) is 16.4 Å². The molecule has 1 heterocycles. The molecule has 1 aromatic carbocycles. The average molecular weight is 377 g/mol. The summed E-state index contributed by atoms with van der Waals surface area (Å²) in [6.07, 6.45) is 2.72. The Morgan fingerprint density at radius 2 is 2.04 bits per heavy atom. The molecule has 0 saturated carbocycles. The smallest absolute Gasteiger partial charge is 0.495 e. The minimum atomic E-state index is -5.55. The number of aromatic nitrogens is 2. The lowest BCUT2D eigenvalue weighted by molar-refractivity contribution is -0.0436. The van der Waals surface area contributed by atoms with Crippen molar-refractivity contribution < 1.29 is 31.1 Å². The van der Waals surface area contributed by atoms with Crippen LogP contribution in [0.15, 0.2) is 35.5 Å². The third-order valence-corrected chi connectivity index (χ3v) is 4.74. The number of hydrogen-bond donors (Lipinski definition) is 1. The minimum Gasteiger partial charge on any atom is -0.495 e. The monoisotopic (exact) mass is 377 g/mol. The van der Waals surface area contributed by atoms with Crippen molar-refractivity contribution in [3.63, 3.8) is 0 Å². The third-order valence-electron chi connectivity index (χ3n) is 3.25. The highest BCUT2D eigenvalue weighted by molar-refractivity contribution is 7.92. The number of benzene rings is 1. The van der Waals surface area contributed by atoms with Gasteiger partial charge in [0.1, 0.15) is 5.75 Å². The summed E-state index contributed by atoms with van der Waals surface area (Å²) in [6, 6.07) is 2.49. The number of halogens is 3. The molecule has 0 saturated heterocycles. The molecule has 0 unspecified atom stereocenters. The fourth-order valence-corrected chi connectivity index (χ4v) is 2.72. The van der Waals surface area contributed by atoms with E-state index in [9.17, 15) is 26.4 Å². The molecule has 7 nitrogen and oxygen atoms in total. The maximum atomic E-state index is 12.7. The molecule has 0 atom stereocenters. The summed E-state index contributed by atoms with van der Waals surface area (Å²) in [5.41, 5.74) is -5.50.